The van der Waals surface area contributed by atoms with Crippen LogP contribution in [0.1, 0.15) is 21.7 Å². The quantitative estimate of drug-likeness (QED) is 0.487. The third-order valence-electron chi connectivity index (χ3n) is 4.66. The molecule has 5 nitrogen and oxygen atoms in total. The topological polar surface area (TPSA) is 58.7 Å². The van der Waals surface area contributed by atoms with Crippen molar-refractivity contribution in [2.45, 2.75) is 12.7 Å². The molecule has 0 atom stereocenters. The smallest absolute Gasteiger partial charge is 0.265 e. The number of hydrogen-bond acceptors (Lipinski definition) is 5. The van der Waals surface area contributed by atoms with E-state index in [1.165, 1.54) is 17.8 Å². The number of aryl methyl sites for hydroxylation is 1. The largest absolute Gasteiger partial charge is 0.360 e. The Morgan fingerprint density at radius 2 is 1.97 bits per heavy atom. The number of halogens is 3. The molecule has 0 radical (unpaired) electrons. The second-order valence-corrected chi connectivity index (χ2v) is 8.31. The molecule has 154 valence electrons. The van der Waals surface area contributed by atoms with E-state index in [0.29, 0.717) is 56.4 Å². The zero-order valence-electron chi connectivity index (χ0n) is 15.9. The highest BCUT2D eigenvalue weighted by molar-refractivity contribution is 8.13. The third-order valence-corrected chi connectivity index (χ3v) is 6.38. The minimum absolute atomic E-state index is 0.258. The molecule has 0 saturated heterocycles. The highest BCUT2D eigenvalue weighted by Gasteiger charge is 2.31. The number of nitrogens with zero attached hydrogens (tertiary/aromatic N) is 3. The normalized spacial score (nSPS) is 13.6. The highest BCUT2D eigenvalue weighted by atomic mass is 35.5. The first-order valence-electron chi connectivity index (χ1n) is 9.10. The summed E-state index contributed by atoms with van der Waals surface area (Å²) >= 11 is 13.7. The predicted molar refractivity (Wildman–Crippen MR) is 118 cm³/mol. The molecule has 3 aromatic rings. The van der Waals surface area contributed by atoms with Gasteiger partial charge in [-0.3, -0.25) is 14.7 Å². The van der Waals surface area contributed by atoms with Crippen LogP contribution in [0.15, 0.2) is 52.0 Å². The van der Waals surface area contributed by atoms with E-state index in [1.54, 1.807) is 42.2 Å². The molecular weight excluding hydrogens is 448 g/mol. The van der Waals surface area contributed by atoms with Crippen molar-refractivity contribution in [1.82, 2.24) is 10.1 Å². The summed E-state index contributed by atoms with van der Waals surface area (Å²) in [5, 5.41) is 5.38. The van der Waals surface area contributed by atoms with E-state index in [2.05, 4.69) is 10.1 Å². The predicted octanol–water partition coefficient (Wildman–Crippen LogP) is 5.84. The SMILES string of the molecule is Cc1onc(-c2ccccc2Cl)c1C(=O)N1CCN=C1SCc1c(F)cccc1Cl. The van der Waals surface area contributed by atoms with Crippen LogP contribution in [-0.4, -0.2) is 34.2 Å². The molecule has 2 heterocycles. The summed E-state index contributed by atoms with van der Waals surface area (Å²) in [6.45, 7) is 2.56. The second kappa shape index (κ2) is 8.79. The Balaban J connectivity index is 1.59. The second-order valence-electron chi connectivity index (χ2n) is 6.55. The van der Waals surface area contributed by atoms with Gasteiger partial charge in [-0.15, -0.1) is 0 Å². The van der Waals surface area contributed by atoms with Crippen LogP contribution < -0.4 is 0 Å². The van der Waals surface area contributed by atoms with Crippen molar-refractivity contribution in [2.24, 2.45) is 4.99 Å². The molecule has 0 aliphatic carbocycles. The van der Waals surface area contributed by atoms with Crippen LogP contribution in [0.2, 0.25) is 10.0 Å². The molecule has 0 saturated carbocycles. The van der Waals surface area contributed by atoms with E-state index >= 15 is 0 Å². The van der Waals surface area contributed by atoms with Crippen LogP contribution in [0.25, 0.3) is 11.3 Å². The molecule has 9 heteroatoms. The minimum Gasteiger partial charge on any atom is -0.360 e. The number of amidine groups is 1. The molecule has 0 N–H and O–H groups in total. The van der Waals surface area contributed by atoms with Crippen LogP contribution in [0.5, 0.6) is 0 Å². The Labute approximate surface area is 186 Å². The first-order chi connectivity index (χ1) is 14.5. The molecule has 2 aromatic carbocycles. The summed E-state index contributed by atoms with van der Waals surface area (Å²) in [6.07, 6.45) is 0. The van der Waals surface area contributed by atoms with Crippen LogP contribution in [-0.2, 0) is 5.75 Å². The summed E-state index contributed by atoms with van der Waals surface area (Å²) in [7, 11) is 0. The highest BCUT2D eigenvalue weighted by Crippen LogP contribution is 2.33. The number of amides is 1. The van der Waals surface area contributed by atoms with E-state index < -0.39 is 0 Å². The monoisotopic (exact) mass is 463 g/mol. The fourth-order valence-corrected chi connectivity index (χ4v) is 4.76. The third kappa shape index (κ3) is 3.97. The van der Waals surface area contributed by atoms with E-state index in [-0.39, 0.29) is 17.5 Å². The molecule has 4 rings (SSSR count). The van der Waals surface area contributed by atoms with Crippen molar-refractivity contribution in [1.29, 1.82) is 0 Å². The maximum Gasteiger partial charge on any atom is 0.265 e. The molecule has 0 bridgehead atoms. The first kappa shape index (κ1) is 20.9. The van der Waals surface area contributed by atoms with Gasteiger partial charge < -0.3 is 4.52 Å². The van der Waals surface area contributed by atoms with Crippen LogP contribution in [0.3, 0.4) is 0 Å². The number of aliphatic imine (C=N–C) groups is 1. The van der Waals surface area contributed by atoms with Crippen molar-refractivity contribution in [3.05, 3.63) is 75.2 Å². The maximum absolute atomic E-state index is 14.1. The summed E-state index contributed by atoms with van der Waals surface area (Å²) in [6, 6.07) is 11.7. The van der Waals surface area contributed by atoms with Gasteiger partial charge in [-0.2, -0.15) is 0 Å². The van der Waals surface area contributed by atoms with Gasteiger partial charge in [0.05, 0.1) is 11.6 Å². The number of hydrogen-bond donors (Lipinski definition) is 0. The first-order valence-corrected chi connectivity index (χ1v) is 10.8. The van der Waals surface area contributed by atoms with Gasteiger partial charge >= 0.3 is 0 Å². The van der Waals surface area contributed by atoms with Gasteiger partial charge in [0.2, 0.25) is 0 Å². The lowest BCUT2D eigenvalue weighted by atomic mass is 10.1. The average Bonchev–Trinajstić information content (AvgIpc) is 3.34. The Hall–Kier alpha value is -2.35. The van der Waals surface area contributed by atoms with Crippen molar-refractivity contribution in [3.63, 3.8) is 0 Å². The lowest BCUT2D eigenvalue weighted by Gasteiger charge is -2.18. The van der Waals surface area contributed by atoms with E-state index in [9.17, 15) is 9.18 Å². The van der Waals surface area contributed by atoms with Gasteiger partial charge in [-0.05, 0) is 25.1 Å². The standard InChI is InChI=1S/C21H16Cl2FN3O2S/c1-12-18(19(26-29-12)13-5-2-3-6-15(13)22)20(28)27-10-9-25-21(27)30-11-14-16(23)7-4-8-17(14)24/h2-8H,9-11H2,1H3. The lowest BCUT2D eigenvalue weighted by molar-refractivity contribution is 0.0859. The fraction of sp³-hybridized carbons (Fsp3) is 0.190. The van der Waals surface area contributed by atoms with E-state index in [0.717, 1.165) is 0 Å². The zero-order chi connectivity index (χ0) is 21.3. The van der Waals surface area contributed by atoms with Gasteiger partial charge in [-0.1, -0.05) is 64.4 Å². The van der Waals surface area contributed by atoms with Gasteiger partial charge in [0.15, 0.2) is 5.17 Å². The van der Waals surface area contributed by atoms with Crippen molar-refractivity contribution >= 4 is 46.0 Å². The van der Waals surface area contributed by atoms with Crippen molar-refractivity contribution in [3.8, 4) is 11.3 Å². The zero-order valence-corrected chi connectivity index (χ0v) is 18.2. The fourth-order valence-electron chi connectivity index (χ4n) is 3.14. The van der Waals surface area contributed by atoms with Crippen molar-refractivity contribution < 1.29 is 13.7 Å². The molecule has 1 aliphatic heterocycles. The minimum atomic E-state index is -0.387. The summed E-state index contributed by atoms with van der Waals surface area (Å²) in [5.41, 5.74) is 1.71. The molecular formula is C21H16Cl2FN3O2S. The molecule has 0 fully saturated rings. The molecule has 30 heavy (non-hydrogen) atoms. The van der Waals surface area contributed by atoms with Crippen LogP contribution in [0.4, 0.5) is 4.39 Å². The molecule has 0 unspecified atom stereocenters. The number of carbonyl (C=O) groups excluding carboxylic acids is 1. The number of carbonyl (C=O) groups is 1. The Kier molecular flexibility index (Phi) is 6.13. The van der Waals surface area contributed by atoms with E-state index in [4.69, 9.17) is 27.7 Å². The number of aromatic nitrogens is 1. The number of thioether (sulfide) groups is 1. The maximum atomic E-state index is 14.1. The number of rotatable bonds is 4. The molecule has 1 amide bonds. The van der Waals surface area contributed by atoms with Gasteiger partial charge in [0, 0.05) is 28.4 Å². The van der Waals surface area contributed by atoms with E-state index in [1.807, 2.05) is 6.07 Å². The van der Waals surface area contributed by atoms with Crippen LogP contribution in [0, 0.1) is 12.7 Å². The average molecular weight is 464 g/mol. The summed E-state index contributed by atoms with van der Waals surface area (Å²) in [4.78, 5) is 19.3. The molecule has 1 aliphatic rings. The summed E-state index contributed by atoms with van der Waals surface area (Å²) < 4.78 is 19.4. The Morgan fingerprint density at radius 1 is 1.20 bits per heavy atom. The lowest BCUT2D eigenvalue weighted by Crippen LogP contribution is -2.33. The number of benzene rings is 2. The Bertz CT molecular complexity index is 1130. The van der Waals surface area contributed by atoms with Crippen molar-refractivity contribution in [2.75, 3.05) is 13.1 Å². The molecule has 1 aromatic heterocycles. The molecule has 0 spiro atoms. The van der Waals surface area contributed by atoms with Gasteiger partial charge in [0.25, 0.3) is 5.91 Å². The Morgan fingerprint density at radius 3 is 2.73 bits per heavy atom. The van der Waals surface area contributed by atoms with Gasteiger partial charge in [0.1, 0.15) is 22.8 Å². The summed E-state index contributed by atoms with van der Waals surface area (Å²) in [5.74, 6) is -0.0218. The van der Waals surface area contributed by atoms with Gasteiger partial charge in [-0.25, -0.2) is 4.39 Å². The van der Waals surface area contributed by atoms with Crippen LogP contribution >= 0.6 is 35.0 Å².